The number of aromatic nitrogens is 3. The third-order valence-electron chi connectivity index (χ3n) is 4.41. The smallest absolute Gasteiger partial charge is 0.341 e. The molecule has 1 amide bonds. The Balaban J connectivity index is 1.47. The fraction of sp³-hybridized carbons (Fsp3) is 0.143. The number of thioether (sulfide) groups is 1. The summed E-state index contributed by atoms with van der Waals surface area (Å²) in [5, 5.41) is 13.1. The normalized spacial score (nSPS) is 10.8. The lowest BCUT2D eigenvalue weighted by molar-refractivity contribution is -0.113. The van der Waals surface area contributed by atoms with Gasteiger partial charge in [-0.3, -0.25) is 4.79 Å². The van der Waals surface area contributed by atoms with E-state index in [1.54, 1.807) is 24.4 Å². The summed E-state index contributed by atoms with van der Waals surface area (Å²) in [6.07, 6.45) is 1.50. The molecule has 33 heavy (non-hydrogen) atoms. The lowest BCUT2D eigenvalue weighted by Gasteiger charge is -2.08. The van der Waals surface area contributed by atoms with Gasteiger partial charge in [-0.1, -0.05) is 11.8 Å². The van der Waals surface area contributed by atoms with E-state index in [9.17, 15) is 14.0 Å². The molecule has 0 atom stereocenters. The predicted octanol–water partition coefficient (Wildman–Crippen LogP) is 4.03. The first-order valence-electron chi connectivity index (χ1n) is 9.69. The van der Waals surface area contributed by atoms with Gasteiger partial charge in [0.15, 0.2) is 5.82 Å². The molecule has 0 radical (unpaired) electrons. The molecule has 4 aromatic rings. The lowest BCUT2D eigenvalue weighted by Crippen LogP contribution is -2.17. The van der Waals surface area contributed by atoms with Gasteiger partial charge in [0, 0.05) is 16.5 Å². The minimum Gasteiger partial charge on any atom is -0.464 e. The Morgan fingerprint density at radius 3 is 2.76 bits per heavy atom. The van der Waals surface area contributed by atoms with Gasteiger partial charge in [-0.25, -0.2) is 13.9 Å². The minimum atomic E-state index is -0.557. The number of carbonyl (C=O) groups excluding carboxylic acids is 2. The van der Waals surface area contributed by atoms with Crippen LogP contribution in [0.4, 0.5) is 9.39 Å². The fourth-order valence-electron chi connectivity index (χ4n) is 2.93. The van der Waals surface area contributed by atoms with Crippen molar-refractivity contribution < 1.29 is 23.1 Å². The molecular weight excluding hydrogens is 469 g/mol. The Bertz CT molecular complexity index is 1270. The molecule has 0 saturated heterocycles. The third-order valence-corrected chi connectivity index (χ3v) is 6.25. The van der Waals surface area contributed by atoms with Crippen LogP contribution >= 0.6 is 23.1 Å². The average Bonchev–Trinajstić information content (AvgIpc) is 3.53. The van der Waals surface area contributed by atoms with Crippen LogP contribution in [-0.4, -0.2) is 39.1 Å². The molecule has 0 bridgehead atoms. The summed E-state index contributed by atoms with van der Waals surface area (Å²) >= 11 is 2.26. The second kappa shape index (κ2) is 9.88. The van der Waals surface area contributed by atoms with E-state index in [1.165, 1.54) is 46.5 Å². The molecule has 12 heteroatoms. The summed E-state index contributed by atoms with van der Waals surface area (Å²) in [4.78, 5) is 25.1. The molecule has 3 N–H and O–H groups in total. The van der Waals surface area contributed by atoms with Crippen molar-refractivity contribution in [3.8, 4) is 22.7 Å². The summed E-state index contributed by atoms with van der Waals surface area (Å²) in [7, 11) is 0. The van der Waals surface area contributed by atoms with Gasteiger partial charge in [-0.2, -0.15) is 0 Å². The summed E-state index contributed by atoms with van der Waals surface area (Å²) in [5.74, 6) is 5.54. The number of nitrogen functional groups attached to an aromatic ring is 1. The van der Waals surface area contributed by atoms with Crippen LogP contribution in [0.3, 0.4) is 0 Å². The molecule has 3 aromatic heterocycles. The summed E-state index contributed by atoms with van der Waals surface area (Å²) < 4.78 is 24.9. The zero-order valence-corrected chi connectivity index (χ0v) is 18.9. The highest BCUT2D eigenvalue weighted by Crippen LogP contribution is 2.36. The standard InChI is InChI=1S/C21H18FN5O4S2/c1-2-30-20(29)17-14(15-4-3-9-31-15)10-32-19(17)24-16(28)11-33-21-26-25-18(27(21)23)12-5-7-13(22)8-6-12/h3-10H,2,11,23H2,1H3,(H,24,28). The highest BCUT2D eigenvalue weighted by atomic mass is 32.2. The van der Waals surface area contributed by atoms with Crippen molar-refractivity contribution in [2.75, 3.05) is 23.5 Å². The molecule has 1 aromatic carbocycles. The maximum atomic E-state index is 13.1. The number of hydrogen-bond acceptors (Lipinski definition) is 9. The van der Waals surface area contributed by atoms with Crippen LogP contribution < -0.4 is 11.2 Å². The molecule has 9 nitrogen and oxygen atoms in total. The molecule has 0 aliphatic heterocycles. The zero-order valence-electron chi connectivity index (χ0n) is 17.3. The van der Waals surface area contributed by atoms with Crippen molar-refractivity contribution in [3.05, 3.63) is 59.4 Å². The molecule has 0 aliphatic carbocycles. The van der Waals surface area contributed by atoms with Gasteiger partial charge < -0.3 is 20.3 Å². The van der Waals surface area contributed by atoms with Gasteiger partial charge in [0.25, 0.3) is 0 Å². The number of ether oxygens (including phenoxy) is 1. The Kier molecular flexibility index (Phi) is 6.75. The van der Waals surface area contributed by atoms with E-state index < -0.39 is 5.97 Å². The van der Waals surface area contributed by atoms with Crippen molar-refractivity contribution in [2.24, 2.45) is 0 Å². The topological polar surface area (TPSA) is 125 Å². The van der Waals surface area contributed by atoms with Gasteiger partial charge >= 0.3 is 5.97 Å². The van der Waals surface area contributed by atoms with Gasteiger partial charge in [0.2, 0.25) is 11.1 Å². The van der Waals surface area contributed by atoms with Crippen molar-refractivity contribution in [3.63, 3.8) is 0 Å². The largest absolute Gasteiger partial charge is 0.464 e. The van der Waals surface area contributed by atoms with Crippen LogP contribution in [0.1, 0.15) is 17.3 Å². The maximum Gasteiger partial charge on any atom is 0.341 e. The van der Waals surface area contributed by atoms with Crippen molar-refractivity contribution >= 4 is 40.0 Å². The van der Waals surface area contributed by atoms with Crippen LogP contribution in [0, 0.1) is 5.82 Å². The van der Waals surface area contributed by atoms with E-state index in [-0.39, 0.29) is 29.6 Å². The summed E-state index contributed by atoms with van der Waals surface area (Å²) in [6, 6.07) is 9.09. The molecule has 0 fully saturated rings. The van der Waals surface area contributed by atoms with Gasteiger partial charge in [-0.05, 0) is 43.3 Å². The van der Waals surface area contributed by atoms with Crippen molar-refractivity contribution in [1.82, 2.24) is 14.9 Å². The number of nitrogens with zero attached hydrogens (tertiary/aromatic N) is 3. The van der Waals surface area contributed by atoms with E-state index in [0.717, 1.165) is 11.8 Å². The SMILES string of the molecule is CCOC(=O)c1c(-c2ccco2)csc1NC(=O)CSc1nnc(-c2ccc(F)cc2)n1N. The molecule has 3 heterocycles. The van der Waals surface area contributed by atoms with E-state index in [0.29, 0.717) is 32.9 Å². The number of rotatable bonds is 8. The highest BCUT2D eigenvalue weighted by molar-refractivity contribution is 7.99. The first-order valence-corrected chi connectivity index (χ1v) is 11.6. The molecular formula is C21H18FN5O4S2. The van der Waals surface area contributed by atoms with Gasteiger partial charge in [0.1, 0.15) is 22.1 Å². The maximum absolute atomic E-state index is 13.1. The number of halogens is 1. The zero-order chi connectivity index (χ0) is 23.4. The monoisotopic (exact) mass is 487 g/mol. The predicted molar refractivity (Wildman–Crippen MR) is 123 cm³/mol. The highest BCUT2D eigenvalue weighted by Gasteiger charge is 2.24. The number of thiophene rings is 1. The molecule has 0 saturated carbocycles. The second-order valence-electron chi connectivity index (χ2n) is 6.57. The van der Waals surface area contributed by atoms with Gasteiger partial charge in [-0.15, -0.1) is 21.5 Å². The number of hydrogen-bond donors (Lipinski definition) is 2. The number of furan rings is 1. The number of amides is 1. The molecule has 0 aliphatic rings. The molecule has 4 rings (SSSR count). The quantitative estimate of drug-likeness (QED) is 0.217. The van der Waals surface area contributed by atoms with E-state index >= 15 is 0 Å². The Morgan fingerprint density at radius 1 is 1.27 bits per heavy atom. The van der Waals surface area contributed by atoms with Crippen molar-refractivity contribution in [2.45, 2.75) is 12.1 Å². The van der Waals surface area contributed by atoms with Crippen LogP contribution in [0.15, 0.2) is 57.6 Å². The number of benzene rings is 1. The second-order valence-corrected chi connectivity index (χ2v) is 8.39. The molecule has 0 spiro atoms. The molecule has 0 unspecified atom stereocenters. The van der Waals surface area contributed by atoms with Crippen LogP contribution in [0.25, 0.3) is 22.7 Å². The number of nitrogens with one attached hydrogen (secondary N) is 1. The summed E-state index contributed by atoms with van der Waals surface area (Å²) in [5.41, 5.74) is 1.36. The third kappa shape index (κ3) is 4.91. The lowest BCUT2D eigenvalue weighted by atomic mass is 10.1. The first kappa shape index (κ1) is 22.6. The number of anilines is 1. The van der Waals surface area contributed by atoms with E-state index in [4.69, 9.17) is 15.0 Å². The average molecular weight is 488 g/mol. The van der Waals surface area contributed by atoms with Crippen molar-refractivity contribution in [1.29, 1.82) is 0 Å². The van der Waals surface area contributed by atoms with Crippen LogP contribution in [0.2, 0.25) is 0 Å². The van der Waals surface area contributed by atoms with Crippen LogP contribution in [0.5, 0.6) is 0 Å². The Labute approximate surface area is 195 Å². The number of esters is 1. The van der Waals surface area contributed by atoms with E-state index in [2.05, 4.69) is 15.5 Å². The van der Waals surface area contributed by atoms with Crippen LogP contribution in [-0.2, 0) is 9.53 Å². The summed E-state index contributed by atoms with van der Waals surface area (Å²) in [6.45, 7) is 1.90. The number of nitrogens with two attached hydrogens (primary N) is 1. The van der Waals surface area contributed by atoms with Gasteiger partial charge in [0.05, 0.1) is 18.6 Å². The number of carbonyl (C=O) groups is 2. The Morgan fingerprint density at radius 2 is 2.06 bits per heavy atom. The first-order chi connectivity index (χ1) is 16.0. The fourth-order valence-corrected chi connectivity index (χ4v) is 4.54. The Hall–Kier alpha value is -3.64. The minimum absolute atomic E-state index is 0.0327. The molecule has 170 valence electrons. The van der Waals surface area contributed by atoms with E-state index in [1.807, 2.05) is 0 Å².